The Kier molecular flexibility index (Phi) is 5.24. The first-order valence-electron chi connectivity index (χ1n) is 8.23. The maximum Gasteiger partial charge on any atom is 0.185 e. The fourth-order valence-corrected chi connectivity index (χ4v) is 2.90. The van der Waals surface area contributed by atoms with Gasteiger partial charge >= 0.3 is 0 Å². The van der Waals surface area contributed by atoms with E-state index in [2.05, 4.69) is 4.90 Å². The van der Waals surface area contributed by atoms with Gasteiger partial charge in [-0.25, -0.2) is 8.78 Å². The molecule has 0 unspecified atom stereocenters. The molecule has 2 aromatic rings. The van der Waals surface area contributed by atoms with Gasteiger partial charge in [-0.2, -0.15) is 0 Å². The Morgan fingerprint density at radius 3 is 2.24 bits per heavy atom. The molecule has 2 aromatic carbocycles. The van der Waals surface area contributed by atoms with Crippen molar-refractivity contribution >= 4 is 17.5 Å². The molecular weight excluding hydrogens is 324 g/mol. The molecule has 1 aliphatic rings. The van der Waals surface area contributed by atoms with E-state index in [-0.39, 0.29) is 11.9 Å². The number of carbonyl (C=O) groups is 1. The Bertz CT molecular complexity index is 759. The molecule has 0 atom stereocenters. The fraction of sp³-hybridized carbons (Fsp3) is 0.250. The topological polar surface area (TPSA) is 40.5 Å². The second-order valence-corrected chi connectivity index (χ2v) is 6.17. The monoisotopic (exact) mass is 343 g/mol. The molecular formula is C20H19F2NO2. The quantitative estimate of drug-likeness (QED) is 0.678. The van der Waals surface area contributed by atoms with Crippen molar-refractivity contribution in [3.63, 3.8) is 0 Å². The van der Waals surface area contributed by atoms with Gasteiger partial charge < -0.3 is 10.0 Å². The lowest BCUT2D eigenvalue weighted by Gasteiger charge is -2.31. The lowest BCUT2D eigenvalue weighted by Crippen LogP contribution is -2.35. The second-order valence-electron chi connectivity index (χ2n) is 6.17. The third-order valence-electron chi connectivity index (χ3n) is 4.29. The number of carbonyl (C=O) groups excluding carboxylic acids is 1. The number of benzene rings is 2. The molecule has 1 saturated heterocycles. The molecule has 5 heteroatoms. The number of hydrogen-bond acceptors (Lipinski definition) is 3. The number of halogens is 2. The van der Waals surface area contributed by atoms with Crippen molar-refractivity contribution in [2.45, 2.75) is 18.9 Å². The Balaban J connectivity index is 1.67. The van der Waals surface area contributed by atoms with Gasteiger partial charge in [0.05, 0.1) is 6.10 Å². The number of aliphatic hydroxyl groups is 1. The van der Waals surface area contributed by atoms with Gasteiger partial charge in [0.2, 0.25) is 0 Å². The van der Waals surface area contributed by atoms with Crippen molar-refractivity contribution in [3.05, 3.63) is 71.3 Å². The predicted molar refractivity (Wildman–Crippen MR) is 93.6 cm³/mol. The molecule has 25 heavy (non-hydrogen) atoms. The fourth-order valence-electron chi connectivity index (χ4n) is 2.90. The van der Waals surface area contributed by atoms with Crippen molar-refractivity contribution in [2.24, 2.45) is 0 Å². The number of rotatable bonds is 4. The van der Waals surface area contributed by atoms with Crippen LogP contribution in [0.2, 0.25) is 0 Å². The van der Waals surface area contributed by atoms with Crippen molar-refractivity contribution in [2.75, 3.05) is 18.0 Å². The maximum atomic E-state index is 13.1. The summed E-state index contributed by atoms with van der Waals surface area (Å²) < 4.78 is 26.3. The molecule has 3 rings (SSSR count). The first-order valence-corrected chi connectivity index (χ1v) is 8.23. The zero-order valence-corrected chi connectivity index (χ0v) is 13.7. The summed E-state index contributed by atoms with van der Waals surface area (Å²) in [6, 6.07) is 10.3. The summed E-state index contributed by atoms with van der Waals surface area (Å²) in [7, 11) is 0. The maximum absolute atomic E-state index is 13.1. The molecule has 1 heterocycles. The van der Waals surface area contributed by atoms with Crippen molar-refractivity contribution in [1.82, 2.24) is 0 Å². The minimum absolute atomic E-state index is 0.227. The van der Waals surface area contributed by atoms with E-state index >= 15 is 0 Å². The number of anilines is 1. The molecule has 3 nitrogen and oxygen atoms in total. The van der Waals surface area contributed by atoms with Crippen LogP contribution in [0, 0.1) is 11.6 Å². The summed E-state index contributed by atoms with van der Waals surface area (Å²) in [4.78, 5) is 14.4. The summed E-state index contributed by atoms with van der Waals surface area (Å²) in [5, 5.41) is 9.55. The molecule has 1 aliphatic heterocycles. The van der Waals surface area contributed by atoms with Crippen LogP contribution in [0.25, 0.3) is 6.08 Å². The van der Waals surface area contributed by atoms with Gasteiger partial charge in [0.25, 0.3) is 0 Å². The van der Waals surface area contributed by atoms with E-state index < -0.39 is 11.6 Å². The van der Waals surface area contributed by atoms with Crippen LogP contribution in [0.5, 0.6) is 0 Å². The molecule has 1 fully saturated rings. The highest BCUT2D eigenvalue weighted by Gasteiger charge is 2.17. The van der Waals surface area contributed by atoms with Crippen LogP contribution in [0.4, 0.5) is 14.5 Å². The molecule has 0 amide bonds. The van der Waals surface area contributed by atoms with Crippen molar-refractivity contribution in [3.8, 4) is 0 Å². The third-order valence-corrected chi connectivity index (χ3v) is 4.29. The molecule has 0 aliphatic carbocycles. The van der Waals surface area contributed by atoms with E-state index in [0.29, 0.717) is 11.1 Å². The molecule has 1 N–H and O–H groups in total. The summed E-state index contributed by atoms with van der Waals surface area (Å²) >= 11 is 0. The number of aliphatic hydroxyl groups excluding tert-OH is 1. The van der Waals surface area contributed by atoms with Gasteiger partial charge in [0, 0.05) is 30.4 Å². The van der Waals surface area contributed by atoms with E-state index in [4.69, 9.17) is 0 Å². The molecule has 0 bridgehead atoms. The molecule has 0 spiro atoms. The SMILES string of the molecule is O=C(/C=C/c1cc(F)cc(F)c1)c1ccc(N2CCC(O)CC2)cc1. The minimum Gasteiger partial charge on any atom is -0.393 e. The van der Waals surface area contributed by atoms with E-state index in [1.165, 1.54) is 24.3 Å². The second kappa shape index (κ2) is 7.57. The summed E-state index contributed by atoms with van der Waals surface area (Å²) in [5.74, 6) is -1.59. The Hall–Kier alpha value is -2.53. The number of allylic oxidation sites excluding steroid dienone is 1. The Morgan fingerprint density at radius 1 is 1.04 bits per heavy atom. The minimum atomic E-state index is -0.678. The normalized spacial score (nSPS) is 15.7. The van der Waals surface area contributed by atoms with Gasteiger partial charge in [-0.15, -0.1) is 0 Å². The van der Waals surface area contributed by atoms with Crippen molar-refractivity contribution in [1.29, 1.82) is 0 Å². The van der Waals surface area contributed by atoms with Gasteiger partial charge in [0.1, 0.15) is 11.6 Å². The summed E-state index contributed by atoms with van der Waals surface area (Å²) in [6.45, 7) is 1.58. The largest absolute Gasteiger partial charge is 0.393 e. The first kappa shape index (κ1) is 17.3. The molecule has 0 aromatic heterocycles. The lowest BCUT2D eigenvalue weighted by atomic mass is 10.1. The number of piperidine rings is 1. The van der Waals surface area contributed by atoms with Gasteiger partial charge in [-0.3, -0.25) is 4.79 Å². The zero-order chi connectivity index (χ0) is 17.8. The first-order chi connectivity index (χ1) is 12.0. The molecule has 130 valence electrons. The zero-order valence-electron chi connectivity index (χ0n) is 13.7. The number of nitrogens with zero attached hydrogens (tertiary/aromatic N) is 1. The van der Waals surface area contributed by atoms with Gasteiger partial charge in [-0.1, -0.05) is 6.08 Å². The Labute approximate surface area is 145 Å². The molecule has 0 saturated carbocycles. The van der Waals surface area contributed by atoms with Crippen LogP contribution in [-0.2, 0) is 0 Å². The molecule has 0 radical (unpaired) electrons. The average molecular weight is 343 g/mol. The highest BCUT2D eigenvalue weighted by atomic mass is 19.1. The van der Waals surface area contributed by atoms with Crippen LogP contribution in [0.1, 0.15) is 28.8 Å². The van der Waals surface area contributed by atoms with Crippen LogP contribution < -0.4 is 4.90 Å². The van der Waals surface area contributed by atoms with Gasteiger partial charge in [-0.05, 0) is 60.9 Å². The predicted octanol–water partition coefficient (Wildman–Crippen LogP) is 3.82. The average Bonchev–Trinajstić information content (AvgIpc) is 2.60. The van der Waals surface area contributed by atoms with E-state index in [1.807, 2.05) is 12.1 Å². The highest BCUT2D eigenvalue weighted by molar-refractivity contribution is 6.06. The van der Waals surface area contributed by atoms with E-state index in [9.17, 15) is 18.7 Å². The van der Waals surface area contributed by atoms with Crippen molar-refractivity contribution < 1.29 is 18.7 Å². The smallest absolute Gasteiger partial charge is 0.185 e. The van der Waals surface area contributed by atoms with Gasteiger partial charge in [0.15, 0.2) is 5.78 Å². The van der Waals surface area contributed by atoms with E-state index in [1.54, 1.807) is 12.1 Å². The third kappa shape index (κ3) is 4.51. The summed E-state index contributed by atoms with van der Waals surface area (Å²) in [5.41, 5.74) is 1.82. The van der Waals surface area contributed by atoms with E-state index in [0.717, 1.165) is 37.7 Å². The number of hydrogen-bond donors (Lipinski definition) is 1. The Morgan fingerprint density at radius 2 is 1.64 bits per heavy atom. The van der Waals surface area contributed by atoms with Crippen LogP contribution >= 0.6 is 0 Å². The van der Waals surface area contributed by atoms with Crippen LogP contribution in [0.15, 0.2) is 48.5 Å². The summed E-state index contributed by atoms with van der Waals surface area (Å²) in [6.07, 6.45) is 3.96. The van der Waals surface area contributed by atoms with Crippen LogP contribution in [-0.4, -0.2) is 30.1 Å². The highest BCUT2D eigenvalue weighted by Crippen LogP contribution is 2.21. The standard InChI is InChI=1S/C20H19F2NO2/c21-16-11-14(12-17(22)13-16)1-6-20(25)15-2-4-18(5-3-15)23-9-7-19(24)8-10-23/h1-6,11-13,19,24H,7-10H2/b6-1+. The van der Waals surface area contributed by atoms with Crippen LogP contribution in [0.3, 0.4) is 0 Å². The number of ketones is 1. The lowest BCUT2D eigenvalue weighted by molar-refractivity contribution is 0.104.